The summed E-state index contributed by atoms with van der Waals surface area (Å²) in [5.74, 6) is -0.209. The summed E-state index contributed by atoms with van der Waals surface area (Å²) < 4.78 is 6.88. The van der Waals surface area contributed by atoms with Gasteiger partial charge in [-0.3, -0.25) is 4.79 Å². The predicted molar refractivity (Wildman–Crippen MR) is 85.1 cm³/mol. The molecule has 0 aliphatic heterocycles. The number of carbonyl (C=O) groups excluding carboxylic acids is 1. The first-order valence-corrected chi connectivity index (χ1v) is 7.10. The van der Waals surface area contributed by atoms with Gasteiger partial charge in [0.2, 0.25) is 5.91 Å². The molecule has 118 valence electrons. The molecule has 2 N–H and O–H groups in total. The van der Waals surface area contributed by atoms with Crippen molar-refractivity contribution in [1.29, 1.82) is 0 Å². The van der Waals surface area contributed by atoms with Crippen molar-refractivity contribution in [2.45, 2.75) is 45.8 Å². The van der Waals surface area contributed by atoms with E-state index in [2.05, 4.69) is 5.10 Å². The van der Waals surface area contributed by atoms with Gasteiger partial charge in [-0.25, -0.2) is 4.68 Å². The summed E-state index contributed by atoms with van der Waals surface area (Å²) in [6, 6.07) is 5.13. The Balaban J connectivity index is 2.34. The van der Waals surface area contributed by atoms with E-state index < -0.39 is 18.3 Å². The van der Waals surface area contributed by atoms with Crippen LogP contribution in [0.1, 0.15) is 39.4 Å². The minimum atomic E-state index is -1.22. The lowest BCUT2D eigenvalue weighted by molar-refractivity contribution is -0.0982. The summed E-state index contributed by atoms with van der Waals surface area (Å²) in [6.07, 6.45) is 1.59. The normalized spacial score (nSPS) is 12.7. The lowest BCUT2D eigenvalue weighted by atomic mass is 9.76. The van der Waals surface area contributed by atoms with E-state index in [0.717, 1.165) is 5.39 Å². The highest BCUT2D eigenvalue weighted by atomic mass is 16.5. The number of aliphatic hydroxyl groups is 1. The van der Waals surface area contributed by atoms with E-state index in [1.165, 1.54) is 11.6 Å². The number of hydrogen-bond donors (Lipinski definition) is 2. The summed E-state index contributed by atoms with van der Waals surface area (Å²) in [5.41, 5.74) is -0.983. The Morgan fingerprint density at radius 2 is 1.95 bits per heavy atom. The second-order valence-electron chi connectivity index (χ2n) is 6.43. The number of aromatic nitrogens is 2. The molecule has 0 aliphatic rings. The van der Waals surface area contributed by atoms with E-state index in [1.54, 1.807) is 52.1 Å². The van der Waals surface area contributed by atoms with E-state index in [9.17, 15) is 14.9 Å². The van der Waals surface area contributed by atoms with Gasteiger partial charge in [-0.15, -0.1) is 0 Å². The van der Waals surface area contributed by atoms with Crippen LogP contribution in [0.5, 0.6) is 0 Å². The molecule has 0 radical (unpaired) electrons. The van der Waals surface area contributed by atoms with Crippen molar-refractivity contribution in [2.24, 2.45) is 0 Å². The third-order valence-electron chi connectivity index (χ3n) is 4.06. The van der Waals surface area contributed by atoms with Crippen LogP contribution in [0.3, 0.4) is 0 Å². The SMILES string of the molecule is CC(=O)n1ncc2ccc(B(O)OC(C)(C)C(C)(C)O)cc21. The molecule has 7 heteroatoms. The van der Waals surface area contributed by atoms with Crippen LogP contribution in [0, 0.1) is 0 Å². The second-order valence-corrected chi connectivity index (χ2v) is 6.43. The van der Waals surface area contributed by atoms with Crippen molar-refractivity contribution in [3.05, 3.63) is 24.4 Å². The summed E-state index contributed by atoms with van der Waals surface area (Å²) in [4.78, 5) is 11.5. The molecule has 1 aromatic heterocycles. The second kappa shape index (κ2) is 5.50. The Bertz CT molecular complexity index is 703. The van der Waals surface area contributed by atoms with E-state index in [-0.39, 0.29) is 5.91 Å². The quantitative estimate of drug-likeness (QED) is 0.822. The van der Waals surface area contributed by atoms with Crippen LogP contribution >= 0.6 is 0 Å². The van der Waals surface area contributed by atoms with Crippen molar-refractivity contribution in [1.82, 2.24) is 9.78 Å². The molecule has 1 aromatic carbocycles. The van der Waals surface area contributed by atoms with Gasteiger partial charge < -0.3 is 14.8 Å². The Morgan fingerprint density at radius 1 is 1.32 bits per heavy atom. The fourth-order valence-corrected chi connectivity index (χ4v) is 1.93. The average Bonchev–Trinajstić information content (AvgIpc) is 2.79. The molecule has 2 aromatic rings. The van der Waals surface area contributed by atoms with E-state index in [1.807, 2.05) is 0 Å². The molecule has 1 heterocycles. The maximum atomic E-state index is 11.5. The molecule has 6 nitrogen and oxygen atoms in total. The summed E-state index contributed by atoms with van der Waals surface area (Å²) in [5, 5.41) is 25.2. The minimum Gasteiger partial charge on any atom is -0.423 e. The maximum absolute atomic E-state index is 11.5. The van der Waals surface area contributed by atoms with Crippen LogP contribution in [0.4, 0.5) is 0 Å². The molecular weight excluding hydrogens is 283 g/mol. The van der Waals surface area contributed by atoms with Crippen molar-refractivity contribution in [3.63, 3.8) is 0 Å². The number of nitrogens with zero attached hydrogens (tertiary/aromatic N) is 2. The van der Waals surface area contributed by atoms with E-state index in [4.69, 9.17) is 4.65 Å². The van der Waals surface area contributed by atoms with Crippen molar-refractivity contribution in [3.8, 4) is 0 Å². The third kappa shape index (κ3) is 3.06. The van der Waals surface area contributed by atoms with Gasteiger partial charge in [0, 0.05) is 12.3 Å². The standard InChI is InChI=1S/C15H21BN2O4/c1-10(19)18-13-8-12(7-6-11(13)9-17-18)16(21)22-15(4,5)14(2,3)20/h6-9,20-21H,1-5H3. The zero-order chi connectivity index (χ0) is 16.7. The highest BCUT2D eigenvalue weighted by Crippen LogP contribution is 2.25. The summed E-state index contributed by atoms with van der Waals surface area (Å²) in [7, 11) is -1.22. The molecule has 0 atom stereocenters. The first-order chi connectivity index (χ1) is 10.0. The van der Waals surface area contributed by atoms with Crippen LogP contribution in [0.15, 0.2) is 24.4 Å². The zero-order valence-corrected chi connectivity index (χ0v) is 13.5. The first-order valence-electron chi connectivity index (χ1n) is 7.10. The van der Waals surface area contributed by atoms with Crippen LogP contribution in [0.25, 0.3) is 10.9 Å². The molecule has 22 heavy (non-hydrogen) atoms. The van der Waals surface area contributed by atoms with Crippen molar-refractivity contribution in [2.75, 3.05) is 0 Å². The fourth-order valence-electron chi connectivity index (χ4n) is 1.93. The smallest absolute Gasteiger partial charge is 0.423 e. The minimum absolute atomic E-state index is 0.209. The van der Waals surface area contributed by atoms with Crippen LogP contribution < -0.4 is 5.46 Å². The Hall–Kier alpha value is -1.70. The lowest BCUT2D eigenvalue weighted by Crippen LogP contribution is -2.53. The molecule has 0 aliphatic carbocycles. The monoisotopic (exact) mass is 304 g/mol. The Morgan fingerprint density at radius 3 is 2.50 bits per heavy atom. The molecule has 0 bridgehead atoms. The van der Waals surface area contributed by atoms with Crippen molar-refractivity contribution >= 4 is 29.4 Å². The van der Waals surface area contributed by atoms with E-state index >= 15 is 0 Å². The molecule has 0 saturated carbocycles. The van der Waals surface area contributed by atoms with Gasteiger partial charge in [0.15, 0.2) is 0 Å². The largest absolute Gasteiger partial charge is 0.491 e. The Labute approximate surface area is 129 Å². The topological polar surface area (TPSA) is 84.6 Å². The lowest BCUT2D eigenvalue weighted by Gasteiger charge is -2.38. The molecule has 2 rings (SSSR count). The van der Waals surface area contributed by atoms with Gasteiger partial charge in [-0.1, -0.05) is 12.1 Å². The molecule has 0 spiro atoms. The Kier molecular flexibility index (Phi) is 4.17. The zero-order valence-electron chi connectivity index (χ0n) is 13.5. The van der Waals surface area contributed by atoms with Gasteiger partial charge in [-0.2, -0.15) is 5.10 Å². The number of fused-ring (bicyclic) bond motifs is 1. The highest BCUT2D eigenvalue weighted by molar-refractivity contribution is 6.60. The van der Waals surface area contributed by atoms with Gasteiger partial charge in [-0.05, 0) is 39.2 Å². The summed E-state index contributed by atoms with van der Waals surface area (Å²) in [6.45, 7) is 8.06. The van der Waals surface area contributed by atoms with Gasteiger partial charge in [0.05, 0.1) is 22.9 Å². The molecule has 0 saturated heterocycles. The highest BCUT2D eigenvalue weighted by Gasteiger charge is 2.39. The van der Waals surface area contributed by atoms with Crippen LogP contribution in [-0.2, 0) is 4.65 Å². The van der Waals surface area contributed by atoms with E-state index in [0.29, 0.717) is 11.0 Å². The number of benzene rings is 1. The number of rotatable bonds is 4. The van der Waals surface area contributed by atoms with Crippen LogP contribution in [0.2, 0.25) is 0 Å². The average molecular weight is 304 g/mol. The first kappa shape index (κ1) is 16.7. The molecular formula is C15H21BN2O4. The fraction of sp³-hybridized carbons (Fsp3) is 0.467. The predicted octanol–water partition coefficient (Wildman–Crippen LogP) is 0.950. The number of carbonyl (C=O) groups is 1. The summed E-state index contributed by atoms with van der Waals surface area (Å²) >= 11 is 0. The molecule has 0 amide bonds. The molecule has 0 fully saturated rings. The van der Waals surface area contributed by atoms with Gasteiger partial charge in [0.1, 0.15) is 0 Å². The molecule has 0 unspecified atom stereocenters. The third-order valence-corrected chi connectivity index (χ3v) is 4.06. The van der Waals surface area contributed by atoms with Gasteiger partial charge in [0.25, 0.3) is 0 Å². The van der Waals surface area contributed by atoms with Crippen molar-refractivity contribution < 1.29 is 19.6 Å². The maximum Gasteiger partial charge on any atom is 0.491 e. The number of hydrogen-bond acceptors (Lipinski definition) is 5. The van der Waals surface area contributed by atoms with Crippen LogP contribution in [-0.4, -0.2) is 44.1 Å². The van der Waals surface area contributed by atoms with Gasteiger partial charge >= 0.3 is 7.12 Å².